The highest BCUT2D eigenvalue weighted by Gasteiger charge is 2.29. The average molecular weight is 340 g/mol. The summed E-state index contributed by atoms with van der Waals surface area (Å²) in [5.41, 5.74) is 7.16. The number of amides is 1. The number of hydrogen-bond acceptors (Lipinski definition) is 3. The lowest BCUT2D eigenvalue weighted by Crippen LogP contribution is -2.45. The van der Waals surface area contributed by atoms with Gasteiger partial charge < -0.3 is 11.1 Å². The van der Waals surface area contributed by atoms with E-state index in [9.17, 15) is 4.79 Å². The minimum absolute atomic E-state index is 0. The standard InChI is InChI=1S/C18H29N3O.ClH/c1-13(14(2)19)18(22)20-15(3)17-9-10-21(12-17)11-16-7-5-4-6-8-16;/h4-8,13-15,17H,9-12,19H2,1-3H3,(H,20,22);1H. The molecule has 1 saturated heterocycles. The van der Waals surface area contributed by atoms with Crippen molar-refractivity contribution in [2.24, 2.45) is 17.6 Å². The number of hydrogen-bond donors (Lipinski definition) is 2. The smallest absolute Gasteiger partial charge is 0.224 e. The van der Waals surface area contributed by atoms with Gasteiger partial charge in [0.1, 0.15) is 0 Å². The molecule has 23 heavy (non-hydrogen) atoms. The van der Waals surface area contributed by atoms with Gasteiger partial charge in [0.2, 0.25) is 5.91 Å². The number of nitrogens with zero attached hydrogens (tertiary/aromatic N) is 1. The first kappa shape index (κ1) is 19.9. The maximum absolute atomic E-state index is 12.1. The van der Waals surface area contributed by atoms with Crippen LogP contribution in [0.4, 0.5) is 0 Å². The lowest BCUT2D eigenvalue weighted by atomic mass is 9.98. The van der Waals surface area contributed by atoms with Crippen molar-refractivity contribution in [1.82, 2.24) is 10.2 Å². The highest BCUT2D eigenvalue weighted by Crippen LogP contribution is 2.22. The van der Waals surface area contributed by atoms with Gasteiger partial charge in [0, 0.05) is 31.1 Å². The molecule has 1 aliphatic rings. The third-order valence-corrected chi connectivity index (χ3v) is 4.84. The molecule has 0 aromatic heterocycles. The van der Waals surface area contributed by atoms with E-state index in [1.807, 2.05) is 19.9 Å². The van der Waals surface area contributed by atoms with E-state index in [0.717, 1.165) is 26.1 Å². The minimum atomic E-state index is -0.135. The Labute approximate surface area is 146 Å². The molecule has 1 fully saturated rings. The van der Waals surface area contributed by atoms with Crippen LogP contribution in [0, 0.1) is 11.8 Å². The van der Waals surface area contributed by atoms with Crippen molar-refractivity contribution in [3.05, 3.63) is 35.9 Å². The van der Waals surface area contributed by atoms with Gasteiger partial charge in [0.05, 0.1) is 0 Å². The summed E-state index contributed by atoms with van der Waals surface area (Å²) in [6.07, 6.45) is 1.14. The van der Waals surface area contributed by atoms with Gasteiger partial charge in [0.15, 0.2) is 0 Å². The zero-order valence-corrected chi connectivity index (χ0v) is 15.2. The van der Waals surface area contributed by atoms with Gasteiger partial charge in [0.25, 0.3) is 0 Å². The number of benzene rings is 1. The molecule has 1 aromatic carbocycles. The van der Waals surface area contributed by atoms with E-state index in [1.165, 1.54) is 5.56 Å². The molecule has 1 heterocycles. The molecular formula is C18H30ClN3O. The molecule has 0 saturated carbocycles. The molecule has 130 valence electrons. The van der Waals surface area contributed by atoms with Crippen LogP contribution in [0.5, 0.6) is 0 Å². The van der Waals surface area contributed by atoms with Crippen molar-refractivity contribution in [3.8, 4) is 0 Å². The third-order valence-electron chi connectivity index (χ3n) is 4.84. The fourth-order valence-electron chi connectivity index (χ4n) is 2.97. The van der Waals surface area contributed by atoms with Crippen LogP contribution in [0.3, 0.4) is 0 Å². The van der Waals surface area contributed by atoms with E-state index >= 15 is 0 Å². The number of carbonyl (C=O) groups excluding carboxylic acids is 1. The van der Waals surface area contributed by atoms with Gasteiger partial charge in [-0.3, -0.25) is 9.69 Å². The number of likely N-dealkylation sites (tertiary alicyclic amines) is 1. The molecule has 5 heteroatoms. The van der Waals surface area contributed by atoms with E-state index in [-0.39, 0.29) is 36.3 Å². The van der Waals surface area contributed by atoms with Crippen LogP contribution >= 0.6 is 12.4 Å². The number of nitrogens with two attached hydrogens (primary N) is 1. The molecule has 1 aliphatic heterocycles. The summed E-state index contributed by atoms with van der Waals surface area (Å²) in [6.45, 7) is 9.03. The highest BCUT2D eigenvalue weighted by atomic mass is 35.5. The fraction of sp³-hybridized carbons (Fsp3) is 0.611. The first-order valence-corrected chi connectivity index (χ1v) is 8.29. The van der Waals surface area contributed by atoms with Crippen LogP contribution in [0.1, 0.15) is 32.8 Å². The zero-order valence-electron chi connectivity index (χ0n) is 14.4. The molecule has 0 aliphatic carbocycles. The van der Waals surface area contributed by atoms with E-state index in [0.29, 0.717) is 5.92 Å². The van der Waals surface area contributed by atoms with E-state index in [2.05, 4.69) is 41.4 Å². The molecular weight excluding hydrogens is 310 g/mol. The van der Waals surface area contributed by atoms with Crippen LogP contribution in [-0.2, 0) is 11.3 Å². The van der Waals surface area contributed by atoms with Gasteiger partial charge in [-0.2, -0.15) is 0 Å². The van der Waals surface area contributed by atoms with Gasteiger partial charge in [-0.15, -0.1) is 12.4 Å². The maximum Gasteiger partial charge on any atom is 0.224 e. The van der Waals surface area contributed by atoms with Gasteiger partial charge in [-0.1, -0.05) is 37.3 Å². The number of carbonyl (C=O) groups is 1. The predicted molar refractivity (Wildman–Crippen MR) is 97.5 cm³/mol. The fourth-order valence-corrected chi connectivity index (χ4v) is 2.97. The molecule has 0 radical (unpaired) electrons. The molecule has 1 aromatic rings. The van der Waals surface area contributed by atoms with E-state index < -0.39 is 0 Å². The van der Waals surface area contributed by atoms with Crippen LogP contribution < -0.4 is 11.1 Å². The SMILES string of the molecule is CC(N)C(C)C(=O)NC(C)C1CCN(Cc2ccccc2)C1.Cl. The second kappa shape index (κ2) is 9.26. The summed E-state index contributed by atoms with van der Waals surface area (Å²) < 4.78 is 0. The van der Waals surface area contributed by atoms with Crippen molar-refractivity contribution in [2.45, 2.75) is 45.8 Å². The first-order chi connectivity index (χ1) is 10.5. The molecule has 1 amide bonds. The molecule has 0 spiro atoms. The Morgan fingerprint density at radius 1 is 1.30 bits per heavy atom. The Bertz CT molecular complexity index is 480. The molecule has 4 atom stereocenters. The molecule has 3 N–H and O–H groups in total. The zero-order chi connectivity index (χ0) is 16.1. The largest absolute Gasteiger partial charge is 0.353 e. The Hall–Kier alpha value is -1.10. The summed E-state index contributed by atoms with van der Waals surface area (Å²) in [5, 5.41) is 3.14. The lowest BCUT2D eigenvalue weighted by Gasteiger charge is -2.24. The van der Waals surface area contributed by atoms with Crippen LogP contribution in [-0.4, -0.2) is 36.0 Å². The predicted octanol–water partition coefficient (Wildman–Crippen LogP) is 2.42. The summed E-state index contributed by atoms with van der Waals surface area (Å²) >= 11 is 0. The highest BCUT2D eigenvalue weighted by molar-refractivity contribution is 5.85. The Kier molecular flexibility index (Phi) is 8.03. The van der Waals surface area contributed by atoms with Crippen molar-refractivity contribution in [2.75, 3.05) is 13.1 Å². The first-order valence-electron chi connectivity index (χ1n) is 8.29. The summed E-state index contributed by atoms with van der Waals surface area (Å²) in [6, 6.07) is 10.7. The lowest BCUT2D eigenvalue weighted by molar-refractivity contribution is -0.125. The number of rotatable bonds is 6. The van der Waals surface area contributed by atoms with Crippen LogP contribution in [0.2, 0.25) is 0 Å². The third kappa shape index (κ3) is 5.79. The molecule has 4 nitrogen and oxygen atoms in total. The Balaban J connectivity index is 0.00000264. The van der Waals surface area contributed by atoms with Crippen molar-refractivity contribution in [3.63, 3.8) is 0 Å². The van der Waals surface area contributed by atoms with E-state index in [1.54, 1.807) is 0 Å². The van der Waals surface area contributed by atoms with Crippen molar-refractivity contribution < 1.29 is 4.79 Å². The number of halogens is 1. The van der Waals surface area contributed by atoms with Gasteiger partial charge in [-0.25, -0.2) is 0 Å². The van der Waals surface area contributed by atoms with Gasteiger partial charge >= 0.3 is 0 Å². The summed E-state index contributed by atoms with van der Waals surface area (Å²) in [5.74, 6) is 0.459. The molecule has 4 unspecified atom stereocenters. The second-order valence-electron chi connectivity index (χ2n) is 6.71. The monoisotopic (exact) mass is 339 g/mol. The Morgan fingerprint density at radius 3 is 2.57 bits per heavy atom. The normalized spacial score (nSPS) is 22.0. The maximum atomic E-state index is 12.1. The topological polar surface area (TPSA) is 58.4 Å². The van der Waals surface area contributed by atoms with Gasteiger partial charge in [-0.05, 0) is 38.3 Å². The van der Waals surface area contributed by atoms with Crippen molar-refractivity contribution in [1.29, 1.82) is 0 Å². The number of nitrogens with one attached hydrogen (secondary N) is 1. The average Bonchev–Trinajstić information content (AvgIpc) is 2.96. The Morgan fingerprint density at radius 2 is 1.96 bits per heavy atom. The van der Waals surface area contributed by atoms with E-state index in [4.69, 9.17) is 5.73 Å². The second-order valence-corrected chi connectivity index (χ2v) is 6.71. The summed E-state index contributed by atoms with van der Waals surface area (Å²) in [4.78, 5) is 14.6. The minimum Gasteiger partial charge on any atom is -0.353 e. The van der Waals surface area contributed by atoms with Crippen molar-refractivity contribution >= 4 is 18.3 Å². The molecule has 2 rings (SSSR count). The van der Waals surface area contributed by atoms with Crippen LogP contribution in [0.15, 0.2) is 30.3 Å². The van der Waals surface area contributed by atoms with Crippen LogP contribution in [0.25, 0.3) is 0 Å². The quantitative estimate of drug-likeness (QED) is 0.836. The molecule has 0 bridgehead atoms. The summed E-state index contributed by atoms with van der Waals surface area (Å²) in [7, 11) is 0.